The maximum atomic E-state index is 13.1. The summed E-state index contributed by atoms with van der Waals surface area (Å²) >= 11 is 6.44. The zero-order valence-corrected chi connectivity index (χ0v) is 28.3. The monoisotopic (exact) mass is 671 g/mol. The van der Waals surface area contributed by atoms with Crippen molar-refractivity contribution in [3.05, 3.63) is 109 Å². The van der Waals surface area contributed by atoms with Crippen molar-refractivity contribution >= 4 is 49.6 Å². The SMILES string of the molecule is C=CCOC(=O)Nc1ccn([C@H]2C[C@H](OP(Cl)OCC=C)[C@@H](CO[Si](c3ccccc3)(c3ccccc3)C(C)(C)C)O2)c(=O)n1. The number of carbonyl (C=O) groups is 1. The average Bonchev–Trinajstić information content (AvgIpc) is 3.41. The van der Waals surface area contributed by atoms with Crippen molar-refractivity contribution < 1.29 is 27.7 Å². The molecule has 45 heavy (non-hydrogen) atoms. The Morgan fingerprint density at radius 3 is 2.27 bits per heavy atom. The molecule has 0 bridgehead atoms. The van der Waals surface area contributed by atoms with Gasteiger partial charge in [-0.1, -0.05) is 100 Å². The van der Waals surface area contributed by atoms with Gasteiger partial charge in [0, 0.05) is 12.6 Å². The van der Waals surface area contributed by atoms with E-state index in [4.69, 9.17) is 34.2 Å². The first kappa shape index (κ1) is 34.7. The summed E-state index contributed by atoms with van der Waals surface area (Å²) < 4.78 is 31.5. The minimum atomic E-state index is -2.90. The predicted octanol–water partition coefficient (Wildman–Crippen LogP) is 5.90. The summed E-state index contributed by atoms with van der Waals surface area (Å²) in [5, 5.41) is 4.42. The molecule has 0 spiro atoms. The van der Waals surface area contributed by atoms with Gasteiger partial charge in [0.25, 0.3) is 16.0 Å². The zero-order chi connectivity index (χ0) is 32.5. The lowest BCUT2D eigenvalue weighted by molar-refractivity contribution is -0.0385. The molecule has 1 saturated heterocycles. The quantitative estimate of drug-likeness (QED) is 0.128. The van der Waals surface area contributed by atoms with E-state index in [0.717, 1.165) is 10.4 Å². The third kappa shape index (κ3) is 8.56. The van der Waals surface area contributed by atoms with E-state index in [9.17, 15) is 9.59 Å². The highest BCUT2D eigenvalue weighted by Gasteiger charge is 2.51. The molecular weight excluding hydrogens is 633 g/mol. The molecule has 0 saturated carbocycles. The Bertz CT molecular complexity index is 1450. The molecule has 1 unspecified atom stereocenters. The molecular formula is C32H39ClN3O7PSi. The number of nitrogens with zero attached hydrogens (tertiary/aromatic N) is 2. The van der Waals surface area contributed by atoms with Gasteiger partial charge in [-0.3, -0.25) is 9.88 Å². The van der Waals surface area contributed by atoms with Crippen molar-refractivity contribution in [3.63, 3.8) is 0 Å². The molecule has 1 N–H and O–H groups in total. The molecule has 4 atom stereocenters. The van der Waals surface area contributed by atoms with Crippen LogP contribution in [0.3, 0.4) is 0 Å². The van der Waals surface area contributed by atoms with E-state index in [1.165, 1.54) is 22.9 Å². The Morgan fingerprint density at radius 2 is 1.71 bits per heavy atom. The largest absolute Gasteiger partial charge is 0.445 e. The van der Waals surface area contributed by atoms with Gasteiger partial charge in [-0.25, -0.2) is 9.59 Å². The zero-order valence-electron chi connectivity index (χ0n) is 25.6. The van der Waals surface area contributed by atoms with Crippen molar-refractivity contribution in [3.8, 4) is 0 Å². The summed E-state index contributed by atoms with van der Waals surface area (Å²) in [6, 6.07) is 22.0. The first-order chi connectivity index (χ1) is 21.6. The van der Waals surface area contributed by atoms with Gasteiger partial charge in [0.2, 0.25) is 0 Å². The van der Waals surface area contributed by atoms with Crippen molar-refractivity contribution in [1.82, 2.24) is 9.55 Å². The first-order valence-electron chi connectivity index (χ1n) is 14.5. The second-order valence-electron chi connectivity index (χ2n) is 11.3. The topological polar surface area (TPSA) is 110 Å². The number of ether oxygens (including phenoxy) is 2. The molecule has 1 aromatic heterocycles. The average molecular weight is 672 g/mol. The van der Waals surface area contributed by atoms with Gasteiger partial charge >= 0.3 is 11.8 Å². The van der Waals surface area contributed by atoms with Crippen molar-refractivity contribution in [2.24, 2.45) is 0 Å². The molecule has 0 aliphatic carbocycles. The highest BCUT2D eigenvalue weighted by molar-refractivity contribution is 7.76. The van der Waals surface area contributed by atoms with Gasteiger partial charge in [0.1, 0.15) is 24.8 Å². The summed E-state index contributed by atoms with van der Waals surface area (Å²) in [4.78, 5) is 28.9. The Kier molecular flexibility index (Phi) is 12.3. The molecule has 4 rings (SSSR count). The van der Waals surface area contributed by atoms with E-state index in [2.05, 4.69) is 68.5 Å². The normalized spacial score (nSPS) is 19.1. The number of aromatic nitrogens is 2. The molecule has 0 radical (unpaired) electrons. The molecule has 3 aromatic rings. The lowest BCUT2D eigenvalue weighted by Gasteiger charge is -2.43. The minimum absolute atomic E-state index is 0.0250. The van der Waals surface area contributed by atoms with Crippen molar-refractivity contribution in [1.29, 1.82) is 0 Å². The van der Waals surface area contributed by atoms with Crippen LogP contribution in [-0.4, -0.2) is 56.0 Å². The molecule has 1 aliphatic rings. The van der Waals surface area contributed by atoms with Crippen LogP contribution >= 0.6 is 19.0 Å². The van der Waals surface area contributed by atoms with Gasteiger partial charge in [0.05, 0.1) is 19.3 Å². The Hall–Kier alpha value is -3.15. The van der Waals surface area contributed by atoms with E-state index in [1.807, 2.05) is 36.4 Å². The minimum Gasteiger partial charge on any atom is -0.445 e. The van der Waals surface area contributed by atoms with Crippen molar-refractivity contribution in [2.45, 2.75) is 50.7 Å². The third-order valence-electron chi connectivity index (χ3n) is 7.28. The van der Waals surface area contributed by atoms with E-state index in [-0.39, 0.29) is 37.1 Å². The van der Waals surface area contributed by atoms with Gasteiger partial charge in [0.15, 0.2) is 0 Å². The predicted molar refractivity (Wildman–Crippen MR) is 180 cm³/mol. The molecule has 2 heterocycles. The van der Waals surface area contributed by atoms with E-state index >= 15 is 0 Å². The van der Waals surface area contributed by atoms with Crippen molar-refractivity contribution in [2.75, 3.05) is 25.1 Å². The molecule has 1 fully saturated rings. The molecule has 10 nitrogen and oxygen atoms in total. The number of halogens is 1. The third-order valence-corrected chi connectivity index (χ3v) is 13.6. The fourth-order valence-electron chi connectivity index (χ4n) is 5.33. The van der Waals surface area contributed by atoms with Crippen LogP contribution in [0.25, 0.3) is 0 Å². The number of anilines is 1. The van der Waals surface area contributed by atoms with Crippen LogP contribution in [0.4, 0.5) is 10.6 Å². The lowest BCUT2D eigenvalue weighted by Crippen LogP contribution is -2.67. The summed E-state index contributed by atoms with van der Waals surface area (Å²) in [7, 11) is -4.68. The van der Waals surface area contributed by atoms with Crippen LogP contribution in [-0.2, 0) is 22.9 Å². The number of hydrogen-bond acceptors (Lipinski definition) is 8. The molecule has 1 aliphatic heterocycles. The van der Waals surface area contributed by atoms with E-state index in [0.29, 0.717) is 0 Å². The summed E-state index contributed by atoms with van der Waals surface area (Å²) in [5.41, 5.74) is -0.620. The van der Waals surface area contributed by atoms with Crippen LogP contribution in [0.5, 0.6) is 0 Å². The standard InChI is InChI=1S/C32H39ClN3O7PSi/c1-6-20-39-31(38)35-28-18-19-36(30(37)34-28)29-22-26(43-44(33)40-21-7-2)27(42-29)23-41-45(32(3,4)5,24-14-10-8-11-15-24)25-16-12-9-13-17-25/h6-19,26-27,29H,1-2,20-23H2,3-5H3,(H,34,35,37,38)/t26-,27+,29+,44?/m0/s1. The second-order valence-corrected chi connectivity index (χ2v) is 17.3. The summed E-state index contributed by atoms with van der Waals surface area (Å²) in [6.07, 6.45) is 2.18. The fraction of sp³-hybridized carbons (Fsp3) is 0.344. The van der Waals surface area contributed by atoms with Gasteiger partial charge < -0.3 is 22.9 Å². The molecule has 13 heteroatoms. The summed E-state index contributed by atoms with van der Waals surface area (Å²) in [5.74, 6) is 0.0461. The Morgan fingerprint density at radius 1 is 1.09 bits per heavy atom. The Balaban J connectivity index is 1.63. The van der Waals surface area contributed by atoms with E-state index in [1.54, 1.807) is 6.08 Å². The second kappa shape index (κ2) is 15.9. The smallest absolute Gasteiger partial charge is 0.413 e. The summed E-state index contributed by atoms with van der Waals surface area (Å²) in [6.45, 7) is 14.2. The Labute approximate surface area is 270 Å². The van der Waals surface area contributed by atoms with Crippen LogP contribution in [0, 0.1) is 0 Å². The van der Waals surface area contributed by atoms with Crippen LogP contribution in [0.1, 0.15) is 33.4 Å². The molecule has 1 amide bonds. The number of hydrogen-bond donors (Lipinski definition) is 1. The highest BCUT2D eigenvalue weighted by Crippen LogP contribution is 2.48. The molecule has 2 aromatic carbocycles. The lowest BCUT2D eigenvalue weighted by atomic mass is 10.2. The number of nitrogens with one attached hydrogen (secondary N) is 1. The number of rotatable bonds is 14. The van der Waals surface area contributed by atoms with Gasteiger partial charge in [-0.2, -0.15) is 4.98 Å². The first-order valence-corrected chi connectivity index (χ1v) is 18.5. The number of amides is 1. The number of carbonyl (C=O) groups excluding carboxylic acids is 1. The van der Waals surface area contributed by atoms with Crippen LogP contribution in [0.15, 0.2) is 103 Å². The number of benzene rings is 2. The van der Waals surface area contributed by atoms with Crippen LogP contribution < -0.4 is 21.4 Å². The maximum Gasteiger partial charge on any atom is 0.413 e. The highest BCUT2D eigenvalue weighted by atomic mass is 35.7. The van der Waals surface area contributed by atoms with E-state index < -0.39 is 46.3 Å². The maximum absolute atomic E-state index is 13.1. The van der Waals surface area contributed by atoms with Crippen LogP contribution in [0.2, 0.25) is 5.04 Å². The fourth-order valence-corrected chi connectivity index (χ4v) is 11.1. The molecule has 240 valence electrons. The van der Waals surface area contributed by atoms with Gasteiger partial charge in [-0.05, 0) is 32.7 Å². The van der Waals surface area contributed by atoms with Gasteiger partial charge in [-0.15, -0.1) is 6.58 Å².